The van der Waals surface area contributed by atoms with Crippen molar-refractivity contribution >= 4 is 40.7 Å². The number of nitrogens with zero attached hydrogens (tertiary/aromatic N) is 3. The zero-order chi connectivity index (χ0) is 37.5. The number of nitrogens with one attached hydrogen (secondary N) is 1. The maximum Gasteiger partial charge on any atom is 0.269 e. The van der Waals surface area contributed by atoms with Crippen molar-refractivity contribution in [1.29, 1.82) is 0 Å². The van der Waals surface area contributed by atoms with Gasteiger partial charge in [-0.05, 0) is 79.3 Å². The van der Waals surface area contributed by atoms with Crippen molar-refractivity contribution in [1.82, 2.24) is 5.01 Å². The van der Waals surface area contributed by atoms with Crippen molar-refractivity contribution in [2.75, 3.05) is 10.3 Å². The van der Waals surface area contributed by atoms with Crippen LogP contribution in [0.2, 0.25) is 0 Å². The largest absolute Gasteiger partial charge is 0.508 e. The summed E-state index contributed by atoms with van der Waals surface area (Å²) in [5.41, 5.74) is 6.08. The average Bonchev–Trinajstić information content (AvgIpc) is 3.56. The smallest absolute Gasteiger partial charge is 0.269 e. The van der Waals surface area contributed by atoms with E-state index < -0.39 is 63.6 Å². The Kier molecular flexibility index (Phi) is 7.56. The Morgan fingerprint density at radius 2 is 1.63 bits per heavy atom. The van der Waals surface area contributed by atoms with Crippen LogP contribution in [0.1, 0.15) is 29.5 Å². The maximum atomic E-state index is 15.4. The predicted molar refractivity (Wildman–Crippen MR) is 196 cm³/mol. The van der Waals surface area contributed by atoms with Crippen LogP contribution in [-0.2, 0) is 31.0 Å². The summed E-state index contributed by atoms with van der Waals surface area (Å²) in [5.74, 6) is -5.02. The summed E-state index contributed by atoms with van der Waals surface area (Å²) in [4.78, 5) is 70.7. The topological polar surface area (TPSA) is 159 Å². The minimum Gasteiger partial charge on any atom is -0.508 e. The van der Waals surface area contributed by atoms with Gasteiger partial charge in [0.1, 0.15) is 11.5 Å². The predicted octanol–water partition coefficient (Wildman–Crippen LogP) is 6.15. The maximum absolute atomic E-state index is 15.4. The second kappa shape index (κ2) is 12.3. The molecular formula is C42H34N4O8. The molecule has 0 aromatic heterocycles. The number of ether oxygens (including phenoxy) is 1. The first-order valence-electron chi connectivity index (χ1n) is 17.8. The summed E-state index contributed by atoms with van der Waals surface area (Å²) in [5, 5.41) is 22.9. The van der Waals surface area contributed by atoms with E-state index in [-0.39, 0.29) is 30.0 Å². The molecule has 3 fully saturated rings. The van der Waals surface area contributed by atoms with Crippen LogP contribution in [0.25, 0.3) is 0 Å². The number of benzene rings is 4. The van der Waals surface area contributed by atoms with Crippen LogP contribution >= 0.6 is 0 Å². The van der Waals surface area contributed by atoms with E-state index in [2.05, 4.69) is 5.43 Å². The molecule has 0 spiro atoms. The standard InChI is InChI=1S/C42H34N4O8/c1-23-7-9-27(10-8-23)43-45-39(49)34-21-33-31(16-17-32-36(33)40(50)44(38(32)48)28-11-13-29(14-12-28)46(52)53)37(42(34,41(45)51)26-5-3-2-4-6-26)25-19-24-20-30(47)15-18-35(24)54-22-25/h2-16,18,20,22,32-34,36-37,43,47H,17,19,21H2,1H3/t32-,33+,34-,36-,37-,42+/m0/s1. The van der Waals surface area contributed by atoms with Crippen molar-refractivity contribution < 1.29 is 33.9 Å². The van der Waals surface area contributed by atoms with Gasteiger partial charge in [-0.25, -0.2) is 0 Å². The van der Waals surface area contributed by atoms with E-state index in [1.807, 2.05) is 55.5 Å². The van der Waals surface area contributed by atoms with Gasteiger partial charge in [0.15, 0.2) is 0 Å². The molecule has 2 saturated heterocycles. The van der Waals surface area contributed by atoms with E-state index in [0.717, 1.165) is 21.0 Å². The van der Waals surface area contributed by atoms with E-state index in [9.17, 15) is 29.6 Å². The van der Waals surface area contributed by atoms with Gasteiger partial charge in [0.2, 0.25) is 11.8 Å². The van der Waals surface area contributed by atoms with E-state index >= 15 is 4.79 Å². The molecule has 12 heteroatoms. The highest BCUT2D eigenvalue weighted by Crippen LogP contribution is 2.63. The Morgan fingerprint density at radius 3 is 2.35 bits per heavy atom. The number of carbonyl (C=O) groups excluding carboxylic acids is 4. The van der Waals surface area contributed by atoms with Gasteiger partial charge in [-0.2, -0.15) is 5.01 Å². The number of rotatable bonds is 6. The molecule has 270 valence electrons. The number of fused-ring (bicyclic) bond motifs is 5. The Morgan fingerprint density at radius 1 is 0.889 bits per heavy atom. The van der Waals surface area contributed by atoms with Crippen LogP contribution in [0.15, 0.2) is 121 Å². The molecule has 3 heterocycles. The number of hydrogen-bond donors (Lipinski definition) is 2. The quantitative estimate of drug-likeness (QED) is 0.103. The van der Waals surface area contributed by atoms with Gasteiger partial charge in [0.25, 0.3) is 17.5 Å². The number of phenolic OH excluding ortho intramolecular Hbond substituents is 1. The molecule has 2 N–H and O–H groups in total. The number of non-ortho nitro benzene ring substituents is 1. The highest BCUT2D eigenvalue weighted by Gasteiger charge is 2.70. The molecule has 0 radical (unpaired) electrons. The van der Waals surface area contributed by atoms with Gasteiger partial charge in [-0.3, -0.25) is 39.6 Å². The third-order valence-electron chi connectivity index (χ3n) is 11.9. The number of allylic oxidation sites excluding steroid dienone is 3. The van der Waals surface area contributed by atoms with Gasteiger partial charge in [-0.1, -0.05) is 59.7 Å². The molecule has 3 aliphatic heterocycles. The molecule has 4 aromatic carbocycles. The molecule has 2 aliphatic carbocycles. The lowest BCUT2D eigenvalue weighted by Gasteiger charge is -2.51. The Bertz CT molecular complexity index is 2340. The van der Waals surface area contributed by atoms with Gasteiger partial charge in [0, 0.05) is 30.0 Å². The summed E-state index contributed by atoms with van der Waals surface area (Å²) in [6, 6.07) is 26.7. The number of aryl methyl sites for hydroxylation is 1. The van der Waals surface area contributed by atoms with Crippen LogP contribution < -0.4 is 15.1 Å². The van der Waals surface area contributed by atoms with Crippen molar-refractivity contribution in [3.63, 3.8) is 0 Å². The molecule has 9 rings (SSSR count). The van der Waals surface area contributed by atoms with Crippen molar-refractivity contribution in [2.24, 2.45) is 29.6 Å². The first-order valence-corrected chi connectivity index (χ1v) is 17.8. The lowest BCUT2D eigenvalue weighted by Crippen LogP contribution is -2.55. The fraction of sp³-hybridized carbons (Fsp3) is 0.238. The van der Waals surface area contributed by atoms with Gasteiger partial charge in [-0.15, -0.1) is 0 Å². The molecule has 6 atom stereocenters. The number of phenols is 1. The SMILES string of the molecule is Cc1ccc(NN2C(=O)[C@@H]3C[C@@H]4C(=CC[C@@H]5C(=O)N(c6ccc([N+](=O)[O-])cc6)C(=O)[C@@H]54)[C@H](C4=COc5ccc(O)cc5C4)[C@]3(c3ccccc3)C2=O)cc1. The number of anilines is 2. The van der Waals surface area contributed by atoms with Crippen molar-refractivity contribution in [2.45, 2.75) is 31.6 Å². The van der Waals surface area contributed by atoms with Crippen LogP contribution in [0.4, 0.5) is 17.1 Å². The summed E-state index contributed by atoms with van der Waals surface area (Å²) >= 11 is 0. The number of amides is 4. The first-order chi connectivity index (χ1) is 26.1. The molecule has 12 nitrogen and oxygen atoms in total. The molecule has 0 unspecified atom stereocenters. The molecule has 4 aromatic rings. The van der Waals surface area contributed by atoms with Crippen molar-refractivity contribution in [3.8, 4) is 11.5 Å². The van der Waals surface area contributed by atoms with E-state index in [0.29, 0.717) is 34.6 Å². The summed E-state index contributed by atoms with van der Waals surface area (Å²) in [6.07, 6.45) is 4.22. The fourth-order valence-electron chi connectivity index (χ4n) is 9.54. The Balaban J connectivity index is 1.20. The van der Waals surface area contributed by atoms with E-state index in [1.165, 1.54) is 30.3 Å². The third kappa shape index (κ3) is 4.82. The van der Waals surface area contributed by atoms with Gasteiger partial charge in [0.05, 0.1) is 45.7 Å². The van der Waals surface area contributed by atoms with Gasteiger partial charge < -0.3 is 9.84 Å². The minimum atomic E-state index is -1.46. The highest BCUT2D eigenvalue weighted by molar-refractivity contribution is 6.22. The van der Waals surface area contributed by atoms with Crippen LogP contribution in [0, 0.1) is 46.6 Å². The average molecular weight is 723 g/mol. The summed E-state index contributed by atoms with van der Waals surface area (Å²) < 4.78 is 6.17. The zero-order valence-electron chi connectivity index (χ0n) is 29.0. The van der Waals surface area contributed by atoms with Crippen molar-refractivity contribution in [3.05, 3.63) is 147 Å². The second-order valence-corrected chi connectivity index (χ2v) is 14.7. The van der Waals surface area contributed by atoms with Crippen LogP contribution in [0.5, 0.6) is 11.5 Å². The number of hydrazine groups is 1. The van der Waals surface area contributed by atoms with E-state index in [1.54, 1.807) is 30.5 Å². The lowest BCUT2D eigenvalue weighted by molar-refractivity contribution is -0.384. The minimum absolute atomic E-state index is 0.0532. The van der Waals surface area contributed by atoms with Gasteiger partial charge >= 0.3 is 0 Å². The molecule has 0 bridgehead atoms. The lowest BCUT2D eigenvalue weighted by atomic mass is 9.48. The summed E-state index contributed by atoms with van der Waals surface area (Å²) in [6.45, 7) is 1.94. The zero-order valence-corrected chi connectivity index (χ0v) is 29.0. The molecule has 1 saturated carbocycles. The first kappa shape index (κ1) is 33.3. The highest BCUT2D eigenvalue weighted by atomic mass is 16.6. The number of carbonyl (C=O) groups is 4. The Labute approximate surface area is 309 Å². The normalized spacial score (nSPS) is 26.9. The number of nitro groups is 1. The second-order valence-electron chi connectivity index (χ2n) is 14.7. The number of nitro benzene ring substituents is 1. The summed E-state index contributed by atoms with van der Waals surface area (Å²) in [7, 11) is 0. The van der Waals surface area contributed by atoms with Crippen LogP contribution in [0.3, 0.4) is 0 Å². The molecule has 54 heavy (non-hydrogen) atoms. The van der Waals surface area contributed by atoms with Crippen LogP contribution in [-0.4, -0.2) is 38.7 Å². The number of hydrogen-bond acceptors (Lipinski definition) is 9. The fourth-order valence-corrected chi connectivity index (χ4v) is 9.54. The number of aromatic hydroxyl groups is 1. The molecular weight excluding hydrogens is 688 g/mol. The van der Waals surface area contributed by atoms with E-state index in [4.69, 9.17) is 4.74 Å². The molecule has 4 amide bonds. The molecule has 5 aliphatic rings. The monoisotopic (exact) mass is 722 g/mol. The Hall–Kier alpha value is -6.56. The number of imide groups is 2. The third-order valence-corrected chi connectivity index (χ3v) is 11.9.